The van der Waals surface area contributed by atoms with Crippen LogP contribution in [-0.2, 0) is 21.8 Å². The van der Waals surface area contributed by atoms with E-state index in [-0.39, 0.29) is 15.9 Å². The molecule has 3 nitrogen and oxygen atoms in total. The highest BCUT2D eigenvalue weighted by molar-refractivity contribution is 7.86. The maximum absolute atomic E-state index is 12.3. The topological polar surface area (TPSA) is 61.1 Å². The molecular formula is C18H21NO2S. The number of fused-ring (bicyclic) bond motifs is 2. The van der Waals surface area contributed by atoms with Crippen molar-refractivity contribution in [2.75, 3.05) is 0 Å². The van der Waals surface area contributed by atoms with Gasteiger partial charge in [0.2, 0.25) is 0 Å². The van der Waals surface area contributed by atoms with E-state index in [0.29, 0.717) is 12.8 Å². The van der Waals surface area contributed by atoms with Crippen LogP contribution in [0.4, 0.5) is 0 Å². The summed E-state index contributed by atoms with van der Waals surface area (Å²) in [5.74, 6) is 0. The van der Waals surface area contributed by atoms with Gasteiger partial charge < -0.3 is 5.11 Å². The minimum Gasteiger partial charge on any atom is -0.385 e. The molecule has 0 amide bonds. The zero-order valence-corrected chi connectivity index (χ0v) is 13.4. The molecule has 2 atom stereocenters. The second-order valence-corrected chi connectivity index (χ2v) is 9.20. The molecule has 2 unspecified atom stereocenters. The number of nitriles is 1. The third kappa shape index (κ3) is 2.14. The van der Waals surface area contributed by atoms with Gasteiger partial charge in [-0.15, -0.1) is 0 Å². The van der Waals surface area contributed by atoms with Crippen LogP contribution in [-0.4, -0.2) is 19.8 Å². The second kappa shape index (κ2) is 4.91. The van der Waals surface area contributed by atoms with Crippen molar-refractivity contribution < 1.29 is 9.32 Å². The van der Waals surface area contributed by atoms with Crippen LogP contribution in [0, 0.1) is 11.3 Å². The lowest BCUT2D eigenvalue weighted by molar-refractivity contribution is 0.00652. The van der Waals surface area contributed by atoms with Crippen molar-refractivity contribution in [3.63, 3.8) is 0 Å². The van der Waals surface area contributed by atoms with Crippen LogP contribution in [0.15, 0.2) is 24.3 Å². The number of rotatable bonds is 2. The van der Waals surface area contributed by atoms with Gasteiger partial charge in [-0.2, -0.15) is 5.26 Å². The molecule has 1 saturated carbocycles. The minimum atomic E-state index is -0.842. The van der Waals surface area contributed by atoms with Crippen molar-refractivity contribution in [2.24, 2.45) is 0 Å². The first kappa shape index (κ1) is 14.4. The lowest BCUT2D eigenvalue weighted by Gasteiger charge is -2.43. The fourth-order valence-corrected chi connectivity index (χ4v) is 6.43. The van der Waals surface area contributed by atoms with Gasteiger partial charge in [-0.3, -0.25) is 4.21 Å². The van der Waals surface area contributed by atoms with Crippen molar-refractivity contribution >= 4 is 10.8 Å². The number of nitrogens with zero attached hydrogens (tertiary/aromatic N) is 1. The molecule has 4 heteroatoms. The summed E-state index contributed by atoms with van der Waals surface area (Å²) < 4.78 is 12.3. The quantitative estimate of drug-likeness (QED) is 0.913. The zero-order valence-electron chi connectivity index (χ0n) is 12.6. The molecule has 0 spiro atoms. The van der Waals surface area contributed by atoms with Crippen LogP contribution in [0.2, 0.25) is 0 Å². The van der Waals surface area contributed by atoms with Gasteiger partial charge in [-0.05, 0) is 49.7 Å². The SMILES string of the molecule is N#CC1(c2ccc(C3(O)CC4CCCC(C3)S4=O)cc2)CC1. The zero-order chi connectivity index (χ0) is 15.4. The van der Waals surface area contributed by atoms with Crippen LogP contribution >= 0.6 is 0 Å². The average Bonchev–Trinajstić information content (AvgIpc) is 3.31. The normalized spacial score (nSPS) is 39.0. The van der Waals surface area contributed by atoms with E-state index in [1.807, 2.05) is 24.3 Å². The first-order valence-corrected chi connectivity index (χ1v) is 9.48. The molecule has 1 aliphatic carbocycles. The highest BCUT2D eigenvalue weighted by Gasteiger charge is 2.47. The number of aliphatic hydroxyl groups is 1. The summed E-state index contributed by atoms with van der Waals surface area (Å²) in [5, 5.41) is 20.7. The Morgan fingerprint density at radius 3 is 2.14 bits per heavy atom. The van der Waals surface area contributed by atoms with Crippen LogP contribution in [0.3, 0.4) is 0 Å². The van der Waals surface area contributed by atoms with Gasteiger partial charge in [0.05, 0.1) is 17.1 Å². The lowest BCUT2D eigenvalue weighted by Crippen LogP contribution is -2.47. The van der Waals surface area contributed by atoms with Crippen LogP contribution < -0.4 is 0 Å². The van der Waals surface area contributed by atoms with E-state index in [9.17, 15) is 14.6 Å². The molecule has 22 heavy (non-hydrogen) atoms. The molecule has 3 aliphatic rings. The van der Waals surface area contributed by atoms with Crippen molar-refractivity contribution in [1.82, 2.24) is 0 Å². The molecule has 0 aromatic heterocycles. The Hall–Kier alpha value is -1.18. The molecule has 0 radical (unpaired) electrons. The highest BCUT2D eigenvalue weighted by Crippen LogP contribution is 2.49. The molecule has 116 valence electrons. The van der Waals surface area contributed by atoms with Crippen LogP contribution in [0.5, 0.6) is 0 Å². The molecule has 2 saturated heterocycles. The first-order chi connectivity index (χ1) is 10.6. The van der Waals surface area contributed by atoms with E-state index >= 15 is 0 Å². The smallest absolute Gasteiger partial charge is 0.0919 e. The summed E-state index contributed by atoms with van der Waals surface area (Å²) in [6.45, 7) is 0. The van der Waals surface area contributed by atoms with E-state index in [4.69, 9.17) is 0 Å². The van der Waals surface area contributed by atoms with Gasteiger partial charge in [0.1, 0.15) is 0 Å². The average molecular weight is 315 g/mol. The molecule has 2 bridgehead atoms. The van der Waals surface area contributed by atoms with E-state index in [1.54, 1.807) is 0 Å². The molecule has 1 aromatic rings. The third-order valence-corrected chi connectivity index (χ3v) is 7.90. The van der Waals surface area contributed by atoms with E-state index in [1.165, 1.54) is 0 Å². The Bertz CT molecular complexity index is 641. The molecule has 1 aromatic carbocycles. The molecular weight excluding hydrogens is 294 g/mol. The second-order valence-electron chi connectivity index (χ2n) is 7.21. The van der Waals surface area contributed by atoms with Gasteiger partial charge in [0.15, 0.2) is 0 Å². The van der Waals surface area contributed by atoms with Crippen LogP contribution in [0.1, 0.15) is 56.1 Å². The number of benzene rings is 1. The predicted octanol–water partition coefficient (Wildman–Crippen LogP) is 2.89. The molecule has 4 rings (SSSR count). The monoisotopic (exact) mass is 315 g/mol. The minimum absolute atomic E-state index is 0.144. The summed E-state index contributed by atoms with van der Waals surface area (Å²) in [5.41, 5.74) is 0.887. The Labute approximate surface area is 133 Å². The van der Waals surface area contributed by atoms with Gasteiger partial charge in [-0.1, -0.05) is 30.7 Å². The summed E-state index contributed by atoms with van der Waals surface area (Å²) in [4.78, 5) is 0. The molecule has 2 aliphatic heterocycles. The Morgan fingerprint density at radius 2 is 1.64 bits per heavy atom. The Kier molecular flexibility index (Phi) is 3.22. The maximum Gasteiger partial charge on any atom is 0.0919 e. The van der Waals surface area contributed by atoms with Crippen LogP contribution in [0.25, 0.3) is 0 Å². The molecule has 3 fully saturated rings. The first-order valence-electron chi connectivity index (χ1n) is 8.20. The largest absolute Gasteiger partial charge is 0.385 e. The lowest BCUT2D eigenvalue weighted by atomic mass is 9.80. The Balaban J connectivity index is 1.61. The van der Waals surface area contributed by atoms with Gasteiger partial charge >= 0.3 is 0 Å². The van der Waals surface area contributed by atoms with Gasteiger partial charge in [0, 0.05) is 21.3 Å². The maximum atomic E-state index is 12.3. The summed E-state index contributed by atoms with van der Waals surface area (Å²) in [6, 6.07) is 10.4. The Morgan fingerprint density at radius 1 is 1.09 bits per heavy atom. The van der Waals surface area contributed by atoms with Crippen molar-refractivity contribution in [3.05, 3.63) is 35.4 Å². The highest BCUT2D eigenvalue weighted by atomic mass is 32.2. The number of hydrogen-bond donors (Lipinski definition) is 1. The van der Waals surface area contributed by atoms with Gasteiger partial charge in [-0.25, -0.2) is 0 Å². The molecule has 2 heterocycles. The molecule has 1 N–H and O–H groups in total. The summed E-state index contributed by atoms with van der Waals surface area (Å²) in [7, 11) is -0.769. The fourth-order valence-electron chi connectivity index (χ4n) is 4.21. The van der Waals surface area contributed by atoms with Crippen molar-refractivity contribution in [3.8, 4) is 6.07 Å². The van der Waals surface area contributed by atoms with Crippen molar-refractivity contribution in [1.29, 1.82) is 5.26 Å². The summed E-state index contributed by atoms with van der Waals surface area (Å²) >= 11 is 0. The fraction of sp³-hybridized carbons (Fsp3) is 0.611. The third-order valence-electron chi connectivity index (χ3n) is 5.78. The van der Waals surface area contributed by atoms with E-state index in [0.717, 1.165) is 43.2 Å². The van der Waals surface area contributed by atoms with E-state index < -0.39 is 16.4 Å². The number of hydrogen-bond acceptors (Lipinski definition) is 3. The van der Waals surface area contributed by atoms with Crippen molar-refractivity contribution in [2.45, 2.75) is 66.5 Å². The van der Waals surface area contributed by atoms with Gasteiger partial charge in [0.25, 0.3) is 0 Å². The standard InChI is InChI=1S/C18H21NO2S/c19-12-17(8-9-17)13-4-6-14(7-5-13)18(20)10-15-2-1-3-16(11-18)22(15)21/h4-7,15-16,20H,1-3,8-11H2. The summed E-state index contributed by atoms with van der Waals surface area (Å²) in [6.07, 6.45) is 6.19. The van der Waals surface area contributed by atoms with E-state index in [2.05, 4.69) is 6.07 Å². The predicted molar refractivity (Wildman–Crippen MR) is 85.7 cm³/mol.